The minimum absolute atomic E-state index is 0.272. The summed E-state index contributed by atoms with van der Waals surface area (Å²) >= 11 is 1.85. The van der Waals surface area contributed by atoms with E-state index < -0.39 is 0 Å². The van der Waals surface area contributed by atoms with Crippen molar-refractivity contribution in [2.45, 2.75) is 37.3 Å². The number of hydrogen-bond acceptors (Lipinski definition) is 5. The van der Waals surface area contributed by atoms with Gasteiger partial charge in [0.1, 0.15) is 5.03 Å². The second-order valence-electron chi connectivity index (χ2n) is 4.84. The van der Waals surface area contributed by atoms with E-state index in [4.69, 9.17) is 10.7 Å². The van der Waals surface area contributed by atoms with Gasteiger partial charge in [0, 0.05) is 36.1 Å². The minimum Gasteiger partial charge on any atom is -0.339 e. The Morgan fingerprint density at radius 3 is 3.12 bits per heavy atom. The quantitative estimate of drug-likeness (QED) is 0.763. The van der Waals surface area contributed by atoms with Gasteiger partial charge in [-0.3, -0.25) is 0 Å². The molecule has 0 radical (unpaired) electrons. The number of aromatic nitrogens is 2. The Balaban J connectivity index is 1.90. The molecule has 1 unspecified atom stereocenters. The molecule has 1 aromatic heterocycles. The molecule has 17 heavy (non-hydrogen) atoms. The monoisotopic (exact) mass is 250 g/mol. The van der Waals surface area contributed by atoms with E-state index in [-0.39, 0.29) is 6.04 Å². The van der Waals surface area contributed by atoms with Crippen LogP contribution >= 0.6 is 11.8 Å². The number of nitrogens with two attached hydrogens (primary N) is 1. The molecule has 0 saturated carbocycles. The van der Waals surface area contributed by atoms with E-state index in [1.54, 1.807) is 0 Å². The smallest absolute Gasteiger partial charge is 0.226 e. The first-order chi connectivity index (χ1) is 8.24. The van der Waals surface area contributed by atoms with E-state index >= 15 is 0 Å². The molecule has 0 aliphatic carbocycles. The lowest BCUT2D eigenvalue weighted by Crippen LogP contribution is -2.43. The summed E-state index contributed by atoms with van der Waals surface area (Å²) in [5.41, 5.74) is 8.51. The number of aryl methyl sites for hydroxylation is 1. The van der Waals surface area contributed by atoms with Crippen LogP contribution in [0.4, 0.5) is 5.95 Å². The highest BCUT2D eigenvalue weighted by Crippen LogP contribution is 2.32. The molecule has 1 atom stereocenters. The number of rotatable bonds is 1. The van der Waals surface area contributed by atoms with Gasteiger partial charge in [-0.05, 0) is 26.2 Å². The zero-order chi connectivity index (χ0) is 11.8. The summed E-state index contributed by atoms with van der Waals surface area (Å²) in [5.74, 6) is 2.03. The average Bonchev–Trinajstić information content (AvgIpc) is 2.77. The number of piperidine rings is 1. The zero-order valence-corrected chi connectivity index (χ0v) is 11.0. The molecule has 3 rings (SSSR count). The third kappa shape index (κ3) is 2.13. The van der Waals surface area contributed by atoms with Crippen LogP contribution in [0, 0.1) is 6.92 Å². The first-order valence-electron chi connectivity index (χ1n) is 6.25. The Bertz CT molecular complexity index is 435. The number of thioether (sulfide) groups is 1. The largest absolute Gasteiger partial charge is 0.339 e. The van der Waals surface area contributed by atoms with Crippen LogP contribution < -0.4 is 10.6 Å². The van der Waals surface area contributed by atoms with Crippen molar-refractivity contribution in [2.24, 2.45) is 5.73 Å². The van der Waals surface area contributed by atoms with E-state index in [0.717, 1.165) is 49.7 Å². The van der Waals surface area contributed by atoms with Crippen LogP contribution in [0.25, 0.3) is 0 Å². The fourth-order valence-electron chi connectivity index (χ4n) is 2.55. The molecule has 0 spiro atoms. The van der Waals surface area contributed by atoms with Gasteiger partial charge in [0.25, 0.3) is 0 Å². The highest BCUT2D eigenvalue weighted by Gasteiger charge is 2.23. The van der Waals surface area contributed by atoms with Crippen molar-refractivity contribution in [1.82, 2.24) is 9.97 Å². The van der Waals surface area contributed by atoms with Gasteiger partial charge < -0.3 is 10.6 Å². The Hall–Kier alpha value is -0.810. The highest BCUT2D eigenvalue weighted by molar-refractivity contribution is 7.99. The maximum Gasteiger partial charge on any atom is 0.226 e. The second-order valence-corrected chi connectivity index (χ2v) is 5.92. The van der Waals surface area contributed by atoms with Gasteiger partial charge in [0.05, 0.1) is 0 Å². The molecule has 1 saturated heterocycles. The lowest BCUT2D eigenvalue weighted by atomic mass is 10.1. The van der Waals surface area contributed by atoms with Crippen molar-refractivity contribution < 1.29 is 0 Å². The summed E-state index contributed by atoms with van der Waals surface area (Å²) in [7, 11) is 0. The maximum absolute atomic E-state index is 6.01. The molecule has 2 aliphatic rings. The topological polar surface area (TPSA) is 55.0 Å². The first kappa shape index (κ1) is 11.3. The van der Waals surface area contributed by atoms with Crippen molar-refractivity contribution >= 4 is 17.7 Å². The molecule has 3 heterocycles. The molecule has 92 valence electrons. The number of nitrogens with zero attached hydrogens (tertiary/aromatic N) is 3. The Labute approximate surface area is 106 Å². The van der Waals surface area contributed by atoms with E-state index in [1.165, 1.54) is 10.6 Å². The molecule has 2 N–H and O–H groups in total. The molecule has 1 fully saturated rings. The van der Waals surface area contributed by atoms with Crippen molar-refractivity contribution in [3.05, 3.63) is 11.3 Å². The maximum atomic E-state index is 6.01. The lowest BCUT2D eigenvalue weighted by Gasteiger charge is -2.31. The van der Waals surface area contributed by atoms with E-state index in [9.17, 15) is 0 Å². The van der Waals surface area contributed by atoms with Gasteiger partial charge in [-0.25, -0.2) is 9.97 Å². The fraction of sp³-hybridized carbons (Fsp3) is 0.667. The van der Waals surface area contributed by atoms with E-state index in [2.05, 4.69) is 16.8 Å². The van der Waals surface area contributed by atoms with Crippen LogP contribution in [0.3, 0.4) is 0 Å². The van der Waals surface area contributed by atoms with Gasteiger partial charge in [0.15, 0.2) is 0 Å². The van der Waals surface area contributed by atoms with E-state index in [1.807, 2.05) is 11.8 Å². The van der Waals surface area contributed by atoms with Crippen LogP contribution in [0.5, 0.6) is 0 Å². The van der Waals surface area contributed by atoms with Crippen LogP contribution in [0.15, 0.2) is 5.03 Å². The van der Waals surface area contributed by atoms with Gasteiger partial charge in [0.2, 0.25) is 5.95 Å². The predicted octanol–water partition coefficient (Wildman–Crippen LogP) is 1.36. The summed E-state index contributed by atoms with van der Waals surface area (Å²) in [6.07, 6.45) is 3.38. The van der Waals surface area contributed by atoms with Gasteiger partial charge in [-0.2, -0.15) is 0 Å². The molecule has 0 amide bonds. The molecule has 2 aliphatic heterocycles. The summed E-state index contributed by atoms with van der Waals surface area (Å²) in [4.78, 5) is 11.6. The molecular formula is C12H18N4S. The fourth-order valence-corrected chi connectivity index (χ4v) is 3.62. The normalized spacial score (nSPS) is 23.9. The van der Waals surface area contributed by atoms with E-state index in [0.29, 0.717) is 0 Å². The highest BCUT2D eigenvalue weighted by atomic mass is 32.2. The summed E-state index contributed by atoms with van der Waals surface area (Å²) in [5, 5.41) is 1.19. The van der Waals surface area contributed by atoms with Crippen LogP contribution in [0.2, 0.25) is 0 Å². The van der Waals surface area contributed by atoms with Crippen LogP contribution in [-0.4, -0.2) is 34.9 Å². The average molecular weight is 250 g/mol. The Kier molecular flexibility index (Phi) is 2.96. The third-order valence-electron chi connectivity index (χ3n) is 3.50. The summed E-state index contributed by atoms with van der Waals surface area (Å²) in [6.45, 7) is 4.03. The standard InChI is InChI=1S/C12H18N4S/c1-8-10-4-6-17-11(10)15-12(14-8)16-5-2-3-9(13)7-16/h9H,2-7,13H2,1H3. The first-order valence-corrected chi connectivity index (χ1v) is 7.23. The number of hydrogen-bond donors (Lipinski definition) is 1. The number of anilines is 1. The zero-order valence-electron chi connectivity index (χ0n) is 10.1. The van der Waals surface area contributed by atoms with Crippen molar-refractivity contribution in [1.29, 1.82) is 0 Å². The van der Waals surface area contributed by atoms with Crippen LogP contribution in [0.1, 0.15) is 24.1 Å². The van der Waals surface area contributed by atoms with Gasteiger partial charge >= 0.3 is 0 Å². The number of fused-ring (bicyclic) bond motifs is 1. The van der Waals surface area contributed by atoms with Crippen molar-refractivity contribution in [3.8, 4) is 0 Å². The van der Waals surface area contributed by atoms with Gasteiger partial charge in [-0.15, -0.1) is 11.8 Å². The summed E-state index contributed by atoms with van der Waals surface area (Å²) in [6, 6.07) is 0.272. The summed E-state index contributed by atoms with van der Waals surface area (Å²) < 4.78 is 0. The van der Waals surface area contributed by atoms with Crippen molar-refractivity contribution in [2.75, 3.05) is 23.7 Å². The Morgan fingerprint density at radius 2 is 2.29 bits per heavy atom. The second kappa shape index (κ2) is 4.46. The third-order valence-corrected chi connectivity index (χ3v) is 4.52. The van der Waals surface area contributed by atoms with Crippen LogP contribution in [-0.2, 0) is 6.42 Å². The molecule has 5 heteroatoms. The Morgan fingerprint density at radius 1 is 1.41 bits per heavy atom. The molecule has 0 aromatic carbocycles. The molecule has 0 bridgehead atoms. The molecule has 1 aromatic rings. The van der Waals surface area contributed by atoms with Crippen molar-refractivity contribution in [3.63, 3.8) is 0 Å². The molecule has 4 nitrogen and oxygen atoms in total. The predicted molar refractivity (Wildman–Crippen MR) is 70.6 cm³/mol. The lowest BCUT2D eigenvalue weighted by molar-refractivity contribution is 0.498. The molecular weight excluding hydrogens is 232 g/mol. The SMILES string of the molecule is Cc1nc(N2CCCC(N)C2)nc2c1CCS2. The van der Waals surface area contributed by atoms with Gasteiger partial charge in [-0.1, -0.05) is 0 Å². The minimum atomic E-state index is 0.272.